The lowest BCUT2D eigenvalue weighted by Gasteiger charge is -2.25. The Labute approximate surface area is 348 Å². The third kappa shape index (κ3) is 12.7. The van der Waals surface area contributed by atoms with Gasteiger partial charge in [0.2, 0.25) is 11.8 Å². The minimum atomic E-state index is -1.25. The van der Waals surface area contributed by atoms with E-state index in [0.717, 1.165) is 33.4 Å². The molecule has 4 N–H and O–H groups in total. The summed E-state index contributed by atoms with van der Waals surface area (Å²) in [5, 5.41) is 11.0. The Kier molecular flexibility index (Phi) is 15.3. The highest BCUT2D eigenvalue weighted by molar-refractivity contribution is 5.93. The average Bonchev–Trinajstić information content (AvgIpc) is 3.28. The maximum atomic E-state index is 14.4. The van der Waals surface area contributed by atoms with Crippen molar-refractivity contribution in [2.45, 2.75) is 63.6 Å². The van der Waals surface area contributed by atoms with E-state index in [-0.39, 0.29) is 52.0 Å². The fraction of sp³-hybridized carbons (Fsp3) is 0.255. The third-order valence-corrected chi connectivity index (χ3v) is 9.83. The number of methoxy groups -OCH3 is 1. The summed E-state index contributed by atoms with van der Waals surface area (Å²) < 4.78 is 22.2. The first-order valence-corrected chi connectivity index (χ1v) is 19.7. The van der Waals surface area contributed by atoms with Crippen LogP contribution in [0.5, 0.6) is 5.75 Å². The van der Waals surface area contributed by atoms with Crippen molar-refractivity contribution in [1.82, 2.24) is 21.3 Å². The van der Waals surface area contributed by atoms with Gasteiger partial charge in [-0.05, 0) is 63.9 Å². The first kappa shape index (κ1) is 42.5. The number of ether oxygens (including phenoxy) is 4. The number of rotatable bonds is 13. The maximum absolute atomic E-state index is 14.4. The van der Waals surface area contributed by atoms with Gasteiger partial charge in [-0.1, -0.05) is 121 Å². The summed E-state index contributed by atoms with van der Waals surface area (Å²) in [7, 11) is 1.23. The van der Waals surface area contributed by atoms with Crippen molar-refractivity contribution in [3.8, 4) is 16.9 Å². The van der Waals surface area contributed by atoms with Gasteiger partial charge >= 0.3 is 18.2 Å². The van der Waals surface area contributed by atoms with Gasteiger partial charge in [0.05, 0.1) is 7.11 Å². The molecule has 0 saturated heterocycles. The fourth-order valence-corrected chi connectivity index (χ4v) is 6.66. The SMILES string of the molecule is COC(=O)[C@@H]1Cc2cccc(c2)-c2ccc(OCc3ccccc3)c(c2)C[C@H](NC(=O)OCc2ccccc2)C(=O)N[C@@H](CCCNC(=O)OCc2ccccc2)C(=O)N1. The Morgan fingerprint density at radius 2 is 1.27 bits per heavy atom. The molecular weight excluding hydrogens is 765 g/mol. The zero-order valence-corrected chi connectivity index (χ0v) is 33.3. The topological polar surface area (TPSA) is 170 Å². The van der Waals surface area contributed by atoms with Crippen LogP contribution in [0.15, 0.2) is 133 Å². The van der Waals surface area contributed by atoms with Crippen LogP contribution in [0.2, 0.25) is 0 Å². The largest absolute Gasteiger partial charge is 0.489 e. The number of alkyl carbamates (subject to hydrolysis) is 2. The minimum absolute atomic E-state index is 0.0427. The standard InChI is InChI=1S/C47H48N4O9/c1-57-45(54)41-26-35-19-11-20-36(25-35)37-22-23-42(58-29-32-13-5-2-6-14-32)38(27-37)28-40(51-47(56)60-31-34-17-9-4-10-18-34)44(53)49-39(43(52)50-41)21-12-24-48-46(55)59-30-33-15-7-3-8-16-33/h2-11,13-20,22-23,25,27,39-41H,12,21,24,26,28-31H2,1H3,(H,48,55)(H,49,53)(H,50,52)(H,51,56)/t39-,40-,41-/m0/s1. The van der Waals surface area contributed by atoms with E-state index < -0.39 is 48.1 Å². The second-order valence-corrected chi connectivity index (χ2v) is 14.2. The van der Waals surface area contributed by atoms with Gasteiger partial charge in [0.25, 0.3) is 0 Å². The molecule has 5 aromatic carbocycles. The van der Waals surface area contributed by atoms with Crippen molar-refractivity contribution >= 4 is 30.0 Å². The van der Waals surface area contributed by atoms with Gasteiger partial charge in [0.1, 0.15) is 43.7 Å². The Bertz CT molecular complexity index is 2220. The number of fused-ring (bicyclic) bond motifs is 5. The summed E-state index contributed by atoms with van der Waals surface area (Å²) in [6, 6.07) is 37.6. The van der Waals surface area contributed by atoms with Crippen molar-refractivity contribution < 1.29 is 42.9 Å². The quantitative estimate of drug-likeness (QED) is 0.0617. The molecule has 0 saturated carbocycles. The molecule has 5 aromatic rings. The van der Waals surface area contributed by atoms with E-state index >= 15 is 0 Å². The molecule has 4 amide bonds. The Balaban J connectivity index is 1.29. The van der Waals surface area contributed by atoms with Gasteiger partial charge in [0.15, 0.2) is 0 Å². The van der Waals surface area contributed by atoms with Gasteiger partial charge in [-0.3, -0.25) is 9.59 Å². The van der Waals surface area contributed by atoms with Gasteiger partial charge in [-0.15, -0.1) is 0 Å². The number of carbonyl (C=O) groups excluding carboxylic acids is 5. The molecule has 6 rings (SSSR count). The van der Waals surface area contributed by atoms with E-state index in [9.17, 15) is 24.0 Å². The predicted octanol–water partition coefficient (Wildman–Crippen LogP) is 6.18. The lowest BCUT2D eigenvalue weighted by atomic mass is 9.96. The summed E-state index contributed by atoms with van der Waals surface area (Å²) in [6.07, 6.45) is -1.15. The summed E-state index contributed by atoms with van der Waals surface area (Å²) in [5.74, 6) is -1.53. The number of amides is 4. The van der Waals surface area contributed by atoms with Crippen LogP contribution in [0.4, 0.5) is 9.59 Å². The van der Waals surface area contributed by atoms with Crippen molar-refractivity contribution in [1.29, 1.82) is 0 Å². The molecule has 0 aromatic heterocycles. The second kappa shape index (κ2) is 21.6. The minimum Gasteiger partial charge on any atom is -0.489 e. The number of hydrogen-bond acceptors (Lipinski definition) is 9. The van der Waals surface area contributed by atoms with Crippen LogP contribution >= 0.6 is 0 Å². The molecule has 0 aliphatic carbocycles. The van der Waals surface area contributed by atoms with Crippen LogP contribution in [-0.2, 0) is 61.3 Å². The Morgan fingerprint density at radius 3 is 1.92 bits per heavy atom. The molecule has 0 spiro atoms. The molecule has 60 heavy (non-hydrogen) atoms. The van der Waals surface area contributed by atoms with Crippen LogP contribution in [0.3, 0.4) is 0 Å². The molecule has 1 aliphatic heterocycles. The summed E-state index contributed by atoms with van der Waals surface area (Å²) in [5.41, 5.74) is 5.48. The lowest BCUT2D eigenvalue weighted by molar-refractivity contribution is -0.145. The van der Waals surface area contributed by atoms with Crippen molar-refractivity contribution in [2.75, 3.05) is 13.7 Å². The van der Waals surface area contributed by atoms with Crippen LogP contribution in [0, 0.1) is 0 Å². The third-order valence-electron chi connectivity index (χ3n) is 9.83. The maximum Gasteiger partial charge on any atom is 0.408 e. The number of carbonyl (C=O) groups is 5. The first-order chi connectivity index (χ1) is 29.2. The fourth-order valence-electron chi connectivity index (χ4n) is 6.66. The highest BCUT2D eigenvalue weighted by atomic mass is 16.6. The normalized spacial score (nSPS) is 16.4. The lowest BCUT2D eigenvalue weighted by Crippen LogP contribution is -2.56. The van der Waals surface area contributed by atoms with Gasteiger partial charge in [-0.2, -0.15) is 0 Å². The van der Waals surface area contributed by atoms with E-state index in [4.69, 9.17) is 18.9 Å². The molecule has 4 bridgehead atoms. The zero-order valence-electron chi connectivity index (χ0n) is 33.3. The summed E-state index contributed by atoms with van der Waals surface area (Å²) in [6.45, 7) is 0.397. The summed E-state index contributed by atoms with van der Waals surface area (Å²) in [4.78, 5) is 67.4. The monoisotopic (exact) mass is 812 g/mol. The van der Waals surface area contributed by atoms with Gasteiger partial charge < -0.3 is 40.2 Å². The van der Waals surface area contributed by atoms with Gasteiger partial charge in [0, 0.05) is 19.4 Å². The van der Waals surface area contributed by atoms with Crippen molar-refractivity contribution in [3.05, 3.63) is 161 Å². The van der Waals surface area contributed by atoms with Gasteiger partial charge in [-0.25, -0.2) is 14.4 Å². The average molecular weight is 813 g/mol. The molecule has 1 aliphatic rings. The van der Waals surface area contributed by atoms with E-state index in [0.29, 0.717) is 11.3 Å². The number of benzene rings is 5. The highest BCUT2D eigenvalue weighted by Crippen LogP contribution is 2.30. The second-order valence-electron chi connectivity index (χ2n) is 14.2. The molecule has 0 unspecified atom stereocenters. The molecule has 13 heteroatoms. The van der Waals surface area contributed by atoms with Crippen molar-refractivity contribution in [3.63, 3.8) is 0 Å². The predicted molar refractivity (Wildman–Crippen MR) is 223 cm³/mol. The van der Waals surface area contributed by atoms with E-state index in [1.54, 1.807) is 0 Å². The molecule has 0 radical (unpaired) electrons. The Hall–Kier alpha value is -7.15. The first-order valence-electron chi connectivity index (χ1n) is 19.7. The van der Waals surface area contributed by atoms with E-state index in [1.807, 2.05) is 133 Å². The number of esters is 1. The molecule has 3 atom stereocenters. The van der Waals surface area contributed by atoms with Crippen LogP contribution in [-0.4, -0.2) is 61.8 Å². The van der Waals surface area contributed by atoms with E-state index in [1.165, 1.54) is 7.11 Å². The number of hydrogen-bond donors (Lipinski definition) is 4. The molecule has 1 heterocycles. The van der Waals surface area contributed by atoms with Crippen LogP contribution in [0.25, 0.3) is 11.1 Å². The zero-order chi connectivity index (χ0) is 42.1. The molecule has 310 valence electrons. The van der Waals surface area contributed by atoms with Crippen molar-refractivity contribution in [2.24, 2.45) is 0 Å². The molecule has 0 fully saturated rings. The molecule has 13 nitrogen and oxygen atoms in total. The number of nitrogens with one attached hydrogen (secondary N) is 4. The highest BCUT2D eigenvalue weighted by Gasteiger charge is 2.31. The van der Waals surface area contributed by atoms with Crippen LogP contribution < -0.4 is 26.0 Å². The summed E-state index contributed by atoms with van der Waals surface area (Å²) >= 11 is 0. The smallest absolute Gasteiger partial charge is 0.408 e. The molecular formula is C47H48N4O9. The van der Waals surface area contributed by atoms with E-state index in [2.05, 4.69) is 21.3 Å². The van der Waals surface area contributed by atoms with Crippen LogP contribution in [0.1, 0.15) is 40.7 Å². The Morgan fingerprint density at radius 1 is 0.650 bits per heavy atom.